The molecule has 0 aromatic heterocycles. The zero-order valence-electron chi connectivity index (χ0n) is 9.49. The lowest BCUT2D eigenvalue weighted by atomic mass is 10.1. The maximum Gasteiger partial charge on any atom is 0.0657 e. The predicted molar refractivity (Wildman–Crippen MR) is 68.2 cm³/mol. The minimum atomic E-state index is 0.230. The average Bonchev–Trinajstić information content (AvgIpc) is 2.24. The molecule has 0 saturated carbocycles. The normalized spacial score (nSPS) is 31.5. The molecule has 0 bridgehead atoms. The van der Waals surface area contributed by atoms with Crippen LogP contribution in [0.15, 0.2) is 30.3 Å². The Bertz CT molecular complexity index is 302. The summed E-state index contributed by atoms with van der Waals surface area (Å²) >= 11 is 2.06. The van der Waals surface area contributed by atoms with Gasteiger partial charge in [-0.05, 0) is 37.1 Å². The number of nitrogens with one attached hydrogen (secondary N) is 1. The Balaban J connectivity index is 1.99. The lowest BCUT2D eigenvalue weighted by molar-refractivity contribution is 0.430. The Kier molecular flexibility index (Phi) is 3.37. The quantitative estimate of drug-likeness (QED) is 0.824. The minimum Gasteiger partial charge on any atom is -0.302 e. The van der Waals surface area contributed by atoms with E-state index in [1.165, 1.54) is 11.3 Å². The maximum atomic E-state index is 3.66. The van der Waals surface area contributed by atoms with Crippen molar-refractivity contribution in [2.75, 3.05) is 12.3 Å². The van der Waals surface area contributed by atoms with E-state index in [0.717, 1.165) is 18.9 Å². The smallest absolute Gasteiger partial charge is 0.0657 e. The highest BCUT2D eigenvalue weighted by molar-refractivity contribution is 8.00. The molecule has 0 radical (unpaired) electrons. The number of rotatable bonds is 2. The Labute approximate surface area is 96.7 Å². The highest BCUT2D eigenvalue weighted by Gasteiger charge is 2.29. The van der Waals surface area contributed by atoms with Gasteiger partial charge in [-0.15, -0.1) is 11.8 Å². The first-order valence-corrected chi connectivity index (χ1v) is 6.59. The molecule has 2 rings (SSSR count). The van der Waals surface area contributed by atoms with Gasteiger partial charge in [-0.25, -0.2) is 0 Å². The van der Waals surface area contributed by atoms with Crippen molar-refractivity contribution in [3.05, 3.63) is 35.9 Å². The summed E-state index contributed by atoms with van der Waals surface area (Å²) < 4.78 is 0. The summed E-state index contributed by atoms with van der Waals surface area (Å²) in [6.45, 7) is 5.77. The number of benzene rings is 1. The van der Waals surface area contributed by atoms with Crippen molar-refractivity contribution in [2.24, 2.45) is 5.92 Å². The summed E-state index contributed by atoms with van der Waals surface area (Å²) in [5.41, 5.74) is 1.43. The summed E-state index contributed by atoms with van der Waals surface area (Å²) in [5, 5.41) is 3.66. The van der Waals surface area contributed by atoms with Crippen molar-refractivity contribution in [1.82, 2.24) is 5.32 Å². The average molecular weight is 221 g/mol. The van der Waals surface area contributed by atoms with E-state index in [1.54, 1.807) is 0 Å². The fourth-order valence-electron chi connectivity index (χ4n) is 1.93. The van der Waals surface area contributed by atoms with Crippen LogP contribution in [-0.2, 0) is 6.42 Å². The van der Waals surface area contributed by atoms with Crippen molar-refractivity contribution < 1.29 is 0 Å². The standard InChI is InChI=1S/C13H19NS/c1-11-9-14-13(2,15-10-11)8-12-6-4-3-5-7-12/h3-7,11,14H,8-10H2,1-2H3. The van der Waals surface area contributed by atoms with Gasteiger partial charge >= 0.3 is 0 Å². The highest BCUT2D eigenvalue weighted by atomic mass is 32.2. The molecule has 15 heavy (non-hydrogen) atoms. The molecule has 1 aliphatic rings. The van der Waals surface area contributed by atoms with E-state index < -0.39 is 0 Å². The van der Waals surface area contributed by atoms with E-state index in [4.69, 9.17) is 0 Å². The molecule has 1 heterocycles. The topological polar surface area (TPSA) is 12.0 Å². The van der Waals surface area contributed by atoms with E-state index in [2.05, 4.69) is 61.3 Å². The number of thioether (sulfide) groups is 1. The molecule has 1 aromatic carbocycles. The van der Waals surface area contributed by atoms with Crippen LogP contribution in [0.5, 0.6) is 0 Å². The van der Waals surface area contributed by atoms with Gasteiger partial charge in [-0.3, -0.25) is 0 Å². The van der Waals surface area contributed by atoms with E-state index in [-0.39, 0.29) is 4.87 Å². The van der Waals surface area contributed by atoms with Crippen LogP contribution in [0.1, 0.15) is 19.4 Å². The van der Waals surface area contributed by atoms with Gasteiger partial charge in [0.05, 0.1) is 4.87 Å². The Morgan fingerprint density at radius 3 is 2.73 bits per heavy atom. The first-order valence-electron chi connectivity index (χ1n) is 5.61. The molecule has 1 N–H and O–H groups in total. The maximum absolute atomic E-state index is 3.66. The third-order valence-electron chi connectivity index (χ3n) is 2.90. The van der Waals surface area contributed by atoms with Gasteiger partial charge in [0.15, 0.2) is 0 Å². The molecule has 2 unspecified atom stereocenters. The van der Waals surface area contributed by atoms with Gasteiger partial charge < -0.3 is 5.32 Å². The third kappa shape index (κ3) is 2.99. The van der Waals surface area contributed by atoms with Gasteiger partial charge in [0.25, 0.3) is 0 Å². The third-order valence-corrected chi connectivity index (χ3v) is 4.56. The first-order chi connectivity index (χ1) is 7.18. The molecule has 0 spiro atoms. The minimum absolute atomic E-state index is 0.230. The lowest BCUT2D eigenvalue weighted by Crippen LogP contribution is -2.48. The van der Waals surface area contributed by atoms with Gasteiger partial charge in [-0.1, -0.05) is 37.3 Å². The van der Waals surface area contributed by atoms with Gasteiger partial charge in [0.1, 0.15) is 0 Å². The van der Waals surface area contributed by atoms with Gasteiger partial charge in [0.2, 0.25) is 0 Å². The van der Waals surface area contributed by atoms with Crippen molar-refractivity contribution >= 4 is 11.8 Å². The number of hydrogen-bond donors (Lipinski definition) is 1. The van der Waals surface area contributed by atoms with Gasteiger partial charge in [0, 0.05) is 0 Å². The van der Waals surface area contributed by atoms with Crippen molar-refractivity contribution in [1.29, 1.82) is 0 Å². The molecule has 0 amide bonds. The van der Waals surface area contributed by atoms with Crippen LogP contribution in [0.3, 0.4) is 0 Å². The summed E-state index contributed by atoms with van der Waals surface area (Å²) in [7, 11) is 0. The molecule has 1 saturated heterocycles. The fourth-order valence-corrected chi connectivity index (χ4v) is 3.15. The largest absolute Gasteiger partial charge is 0.302 e. The molecule has 1 aliphatic heterocycles. The molecule has 1 fully saturated rings. The first kappa shape index (κ1) is 11.0. The summed E-state index contributed by atoms with van der Waals surface area (Å²) in [6.07, 6.45) is 1.12. The molecule has 2 heteroatoms. The van der Waals surface area contributed by atoms with Crippen LogP contribution in [-0.4, -0.2) is 17.2 Å². The van der Waals surface area contributed by atoms with Gasteiger partial charge in [-0.2, -0.15) is 0 Å². The molecule has 1 aromatic rings. The molecule has 2 atom stereocenters. The molecular formula is C13H19NS. The highest BCUT2D eigenvalue weighted by Crippen LogP contribution is 2.31. The Hall–Kier alpha value is -0.470. The molecule has 1 nitrogen and oxygen atoms in total. The zero-order valence-corrected chi connectivity index (χ0v) is 10.3. The second kappa shape index (κ2) is 4.58. The van der Waals surface area contributed by atoms with E-state index in [9.17, 15) is 0 Å². The van der Waals surface area contributed by atoms with Crippen LogP contribution in [0.25, 0.3) is 0 Å². The second-order valence-corrected chi connectivity index (χ2v) is 6.21. The SMILES string of the molecule is CC1CNC(C)(Cc2ccccc2)SC1. The Morgan fingerprint density at radius 2 is 2.13 bits per heavy atom. The Morgan fingerprint density at radius 1 is 1.40 bits per heavy atom. The molecule has 82 valence electrons. The van der Waals surface area contributed by atoms with Crippen LogP contribution >= 0.6 is 11.8 Å². The molecular weight excluding hydrogens is 202 g/mol. The van der Waals surface area contributed by atoms with Crippen molar-refractivity contribution in [3.63, 3.8) is 0 Å². The monoisotopic (exact) mass is 221 g/mol. The van der Waals surface area contributed by atoms with Crippen LogP contribution < -0.4 is 5.32 Å². The van der Waals surface area contributed by atoms with Crippen LogP contribution in [0.2, 0.25) is 0 Å². The summed E-state index contributed by atoms with van der Waals surface area (Å²) in [6, 6.07) is 10.7. The van der Waals surface area contributed by atoms with E-state index >= 15 is 0 Å². The van der Waals surface area contributed by atoms with Crippen LogP contribution in [0, 0.1) is 5.92 Å². The van der Waals surface area contributed by atoms with E-state index in [0.29, 0.717) is 0 Å². The zero-order chi connectivity index (χ0) is 10.7. The van der Waals surface area contributed by atoms with Crippen LogP contribution in [0.4, 0.5) is 0 Å². The summed E-state index contributed by atoms with van der Waals surface area (Å²) in [4.78, 5) is 0.230. The van der Waals surface area contributed by atoms with Crippen molar-refractivity contribution in [3.8, 4) is 0 Å². The lowest BCUT2D eigenvalue weighted by Gasteiger charge is -2.37. The molecule has 0 aliphatic carbocycles. The van der Waals surface area contributed by atoms with E-state index in [1.807, 2.05) is 0 Å². The number of hydrogen-bond acceptors (Lipinski definition) is 2. The van der Waals surface area contributed by atoms with Crippen molar-refractivity contribution in [2.45, 2.75) is 25.1 Å². The fraction of sp³-hybridized carbons (Fsp3) is 0.538. The summed E-state index contributed by atoms with van der Waals surface area (Å²) in [5.74, 6) is 2.08. The second-order valence-electron chi connectivity index (χ2n) is 4.69. The predicted octanol–water partition coefficient (Wildman–Crippen LogP) is 2.92.